The standard InChI is InChI=1S/C23H27N3O2/c1-16-22(18-8-4-5-9-19(18)24-16)23(27)17(2)25-12-14-26(15-13-25)20-10-6-7-11-21(20)28-3/h4-11,17,24H,12-15H2,1-3H3/p+1/t17-/m1/s1. The third-order valence-corrected chi connectivity index (χ3v) is 5.98. The van der Waals surface area contributed by atoms with Gasteiger partial charge in [-0.05, 0) is 32.0 Å². The van der Waals surface area contributed by atoms with Gasteiger partial charge in [-0.3, -0.25) is 4.79 Å². The van der Waals surface area contributed by atoms with Crippen LogP contribution in [0, 0.1) is 6.92 Å². The minimum atomic E-state index is -0.0577. The number of hydrogen-bond acceptors (Lipinski definition) is 3. The number of para-hydroxylation sites is 3. The third-order valence-electron chi connectivity index (χ3n) is 5.98. The highest BCUT2D eigenvalue weighted by Gasteiger charge is 2.32. The second kappa shape index (κ2) is 7.68. The monoisotopic (exact) mass is 378 g/mol. The average Bonchev–Trinajstić information content (AvgIpc) is 3.08. The second-order valence-corrected chi connectivity index (χ2v) is 7.57. The minimum absolute atomic E-state index is 0.0577. The number of hydrogen-bond donors (Lipinski definition) is 2. The number of carbonyl (C=O) groups is 1. The zero-order valence-electron chi connectivity index (χ0n) is 16.8. The first-order valence-electron chi connectivity index (χ1n) is 9.94. The van der Waals surface area contributed by atoms with E-state index < -0.39 is 0 Å². The van der Waals surface area contributed by atoms with E-state index in [0.717, 1.165) is 59.8 Å². The highest BCUT2D eigenvalue weighted by Crippen LogP contribution is 2.27. The topological polar surface area (TPSA) is 49.8 Å². The summed E-state index contributed by atoms with van der Waals surface area (Å²) in [6.45, 7) is 7.77. The van der Waals surface area contributed by atoms with Gasteiger partial charge in [0.05, 0.1) is 44.5 Å². The molecule has 0 unspecified atom stereocenters. The summed E-state index contributed by atoms with van der Waals surface area (Å²) in [5.41, 5.74) is 3.98. The normalized spacial score (nSPS) is 16.3. The van der Waals surface area contributed by atoms with Crippen molar-refractivity contribution in [2.24, 2.45) is 0 Å². The molecule has 2 N–H and O–H groups in total. The van der Waals surface area contributed by atoms with Gasteiger partial charge in [0, 0.05) is 16.6 Å². The van der Waals surface area contributed by atoms with Gasteiger partial charge in [-0.2, -0.15) is 0 Å². The number of rotatable bonds is 5. The number of anilines is 1. The molecule has 1 aromatic heterocycles. The van der Waals surface area contributed by atoms with Gasteiger partial charge in [-0.25, -0.2) is 0 Å². The van der Waals surface area contributed by atoms with Gasteiger partial charge in [0.2, 0.25) is 5.78 Å². The Hall–Kier alpha value is -2.79. The molecular weight excluding hydrogens is 350 g/mol. The van der Waals surface area contributed by atoms with E-state index in [2.05, 4.69) is 22.9 Å². The molecule has 5 heteroatoms. The summed E-state index contributed by atoms with van der Waals surface area (Å²) >= 11 is 0. The first-order valence-corrected chi connectivity index (χ1v) is 9.94. The number of ether oxygens (including phenoxy) is 1. The Labute approximate surface area is 165 Å². The molecular formula is C23H28N3O2+. The van der Waals surface area contributed by atoms with E-state index in [1.165, 1.54) is 4.90 Å². The molecule has 1 fully saturated rings. The third kappa shape index (κ3) is 3.27. The number of nitrogens with one attached hydrogen (secondary N) is 2. The highest BCUT2D eigenvalue weighted by atomic mass is 16.5. The van der Waals surface area contributed by atoms with Crippen LogP contribution >= 0.6 is 0 Å². The largest absolute Gasteiger partial charge is 0.495 e. The number of aryl methyl sites for hydroxylation is 1. The quantitative estimate of drug-likeness (QED) is 0.671. The van der Waals surface area contributed by atoms with Crippen molar-refractivity contribution >= 4 is 22.4 Å². The maximum Gasteiger partial charge on any atom is 0.222 e. The fourth-order valence-electron chi connectivity index (χ4n) is 4.35. The average molecular weight is 378 g/mol. The SMILES string of the molecule is COc1ccccc1N1CC[NH+]([C@H](C)C(=O)c2c(C)[nH]c3ccccc23)CC1. The van der Waals surface area contributed by atoms with Crippen molar-refractivity contribution in [1.29, 1.82) is 0 Å². The van der Waals surface area contributed by atoms with Crippen LogP contribution in [0.4, 0.5) is 5.69 Å². The van der Waals surface area contributed by atoms with Crippen molar-refractivity contribution in [3.8, 4) is 5.75 Å². The lowest BCUT2D eigenvalue weighted by atomic mass is 10.0. The van der Waals surface area contributed by atoms with Crippen molar-refractivity contribution in [2.75, 3.05) is 38.2 Å². The number of quaternary nitrogens is 1. The molecule has 5 nitrogen and oxygen atoms in total. The van der Waals surface area contributed by atoms with Crippen LogP contribution in [0.5, 0.6) is 5.75 Å². The number of nitrogens with zero attached hydrogens (tertiary/aromatic N) is 1. The number of aromatic amines is 1. The van der Waals surface area contributed by atoms with E-state index in [1.807, 2.05) is 49.4 Å². The Balaban J connectivity index is 1.48. The number of methoxy groups -OCH3 is 1. The number of H-pyrrole nitrogens is 1. The smallest absolute Gasteiger partial charge is 0.222 e. The number of aromatic nitrogens is 1. The van der Waals surface area contributed by atoms with E-state index >= 15 is 0 Å². The van der Waals surface area contributed by atoms with Crippen LogP contribution in [0.15, 0.2) is 48.5 Å². The first kappa shape index (κ1) is 18.6. The fraction of sp³-hybridized carbons (Fsp3) is 0.348. The predicted molar refractivity (Wildman–Crippen MR) is 113 cm³/mol. The summed E-state index contributed by atoms with van der Waals surface area (Å²) < 4.78 is 5.51. The number of benzene rings is 2. The molecule has 0 bridgehead atoms. The van der Waals surface area contributed by atoms with Gasteiger partial charge in [-0.1, -0.05) is 30.3 Å². The van der Waals surface area contributed by atoms with Crippen molar-refractivity contribution in [3.63, 3.8) is 0 Å². The number of piperazine rings is 1. The number of carbonyl (C=O) groups excluding carboxylic acids is 1. The van der Waals surface area contributed by atoms with Gasteiger partial charge < -0.3 is 19.5 Å². The Morgan fingerprint density at radius 1 is 1.11 bits per heavy atom. The summed E-state index contributed by atoms with van der Waals surface area (Å²) in [6, 6.07) is 16.1. The van der Waals surface area contributed by atoms with Crippen molar-refractivity contribution < 1.29 is 14.4 Å². The molecule has 0 radical (unpaired) electrons. The maximum absolute atomic E-state index is 13.3. The predicted octanol–water partition coefficient (Wildman–Crippen LogP) is 2.46. The van der Waals surface area contributed by atoms with Gasteiger partial charge in [0.25, 0.3) is 0 Å². The number of ketones is 1. The summed E-state index contributed by atoms with van der Waals surface area (Å²) in [6.07, 6.45) is 0. The molecule has 1 atom stereocenters. The second-order valence-electron chi connectivity index (χ2n) is 7.57. The van der Waals surface area contributed by atoms with E-state index in [1.54, 1.807) is 7.11 Å². The van der Waals surface area contributed by atoms with Crippen molar-refractivity contribution in [1.82, 2.24) is 4.98 Å². The van der Waals surface area contributed by atoms with Crippen LogP contribution in [-0.2, 0) is 0 Å². The summed E-state index contributed by atoms with van der Waals surface area (Å²) in [5.74, 6) is 1.14. The molecule has 0 saturated carbocycles. The van der Waals surface area contributed by atoms with E-state index in [4.69, 9.17) is 4.74 Å². The Kier molecular flexibility index (Phi) is 5.09. The van der Waals surface area contributed by atoms with Crippen LogP contribution in [0.3, 0.4) is 0 Å². The Bertz CT molecular complexity index is 986. The molecule has 1 saturated heterocycles. The first-order chi connectivity index (χ1) is 13.6. The van der Waals surface area contributed by atoms with Crippen LogP contribution < -0.4 is 14.5 Å². The highest BCUT2D eigenvalue weighted by molar-refractivity contribution is 6.10. The summed E-state index contributed by atoms with van der Waals surface area (Å²) in [7, 11) is 1.71. The van der Waals surface area contributed by atoms with Gasteiger partial charge in [0.1, 0.15) is 11.8 Å². The summed E-state index contributed by atoms with van der Waals surface area (Å²) in [4.78, 5) is 20.4. The van der Waals surface area contributed by atoms with Crippen LogP contribution in [0.1, 0.15) is 23.0 Å². The molecule has 0 amide bonds. The van der Waals surface area contributed by atoms with Gasteiger partial charge in [0.15, 0.2) is 0 Å². The lowest BCUT2D eigenvalue weighted by Crippen LogP contribution is -3.18. The number of fused-ring (bicyclic) bond motifs is 1. The molecule has 3 aromatic rings. The maximum atomic E-state index is 13.3. The van der Waals surface area contributed by atoms with Crippen LogP contribution in [0.2, 0.25) is 0 Å². The van der Waals surface area contributed by atoms with E-state index in [0.29, 0.717) is 0 Å². The molecule has 2 heterocycles. The molecule has 1 aliphatic rings. The lowest BCUT2D eigenvalue weighted by Gasteiger charge is -2.36. The molecule has 0 spiro atoms. The Morgan fingerprint density at radius 2 is 1.79 bits per heavy atom. The van der Waals surface area contributed by atoms with E-state index in [9.17, 15) is 4.79 Å². The summed E-state index contributed by atoms with van der Waals surface area (Å²) in [5, 5.41) is 1.03. The molecule has 4 rings (SSSR count). The molecule has 0 aliphatic carbocycles. The molecule has 146 valence electrons. The fourth-order valence-corrected chi connectivity index (χ4v) is 4.35. The van der Waals surface area contributed by atoms with Crippen LogP contribution in [0.25, 0.3) is 10.9 Å². The van der Waals surface area contributed by atoms with Gasteiger partial charge in [-0.15, -0.1) is 0 Å². The molecule has 2 aromatic carbocycles. The lowest BCUT2D eigenvalue weighted by molar-refractivity contribution is -0.914. The Morgan fingerprint density at radius 3 is 2.54 bits per heavy atom. The van der Waals surface area contributed by atoms with Crippen molar-refractivity contribution in [3.05, 3.63) is 59.8 Å². The molecule has 1 aliphatic heterocycles. The zero-order chi connectivity index (χ0) is 19.7. The minimum Gasteiger partial charge on any atom is -0.495 e. The van der Waals surface area contributed by atoms with Crippen molar-refractivity contribution in [2.45, 2.75) is 19.9 Å². The number of Topliss-reactive ketones (excluding diaryl/α,β-unsaturated/α-hetero) is 1. The van der Waals surface area contributed by atoms with Crippen LogP contribution in [-0.4, -0.2) is 50.1 Å². The zero-order valence-corrected chi connectivity index (χ0v) is 16.8. The van der Waals surface area contributed by atoms with Gasteiger partial charge >= 0.3 is 0 Å². The molecule has 28 heavy (non-hydrogen) atoms. The van der Waals surface area contributed by atoms with E-state index in [-0.39, 0.29) is 11.8 Å².